The summed E-state index contributed by atoms with van der Waals surface area (Å²) in [5.41, 5.74) is 3.78. The summed E-state index contributed by atoms with van der Waals surface area (Å²) in [6, 6.07) is 14.9. The lowest BCUT2D eigenvalue weighted by Crippen LogP contribution is -1.85. The molecule has 2 aromatic carbocycles. The largest absolute Gasteiger partial charge is 0.226 e. The molecule has 0 saturated heterocycles. The van der Waals surface area contributed by atoms with E-state index in [4.69, 9.17) is 11.6 Å². The maximum absolute atomic E-state index is 13.7. The molecule has 0 bridgehead atoms. The first-order valence-corrected chi connectivity index (χ1v) is 8.59. The van der Waals surface area contributed by atoms with Gasteiger partial charge in [-0.1, -0.05) is 24.3 Å². The Morgan fingerprint density at radius 1 is 1.04 bits per heavy atom. The van der Waals surface area contributed by atoms with Crippen LogP contribution in [0, 0.1) is 12.7 Å². The molecule has 0 aliphatic carbocycles. The normalized spacial score (nSPS) is 11.1. The first kappa shape index (κ1) is 15.2. The maximum atomic E-state index is 13.7. The Morgan fingerprint density at radius 2 is 1.92 bits per heavy atom. The smallest absolute Gasteiger partial charge is 0.222 e. The third kappa shape index (κ3) is 2.68. The van der Waals surface area contributed by atoms with E-state index < -0.39 is 0 Å². The number of aryl methyl sites for hydroxylation is 1. The van der Waals surface area contributed by atoms with Crippen LogP contribution in [0.25, 0.3) is 31.8 Å². The third-order valence-corrected chi connectivity index (χ3v) is 5.30. The number of rotatable bonds is 2. The number of aromatic nitrogens is 2. The first-order chi connectivity index (χ1) is 11.6. The van der Waals surface area contributed by atoms with Crippen molar-refractivity contribution in [1.29, 1.82) is 0 Å². The quantitative estimate of drug-likeness (QED) is 0.405. The predicted molar refractivity (Wildman–Crippen MR) is 98.0 cm³/mol. The zero-order valence-electron chi connectivity index (χ0n) is 12.8. The molecule has 4 aromatic rings. The summed E-state index contributed by atoms with van der Waals surface area (Å²) in [5.74, 6) is -0.230. The fourth-order valence-corrected chi connectivity index (χ4v) is 4.06. The Kier molecular flexibility index (Phi) is 3.79. The second-order valence-corrected chi connectivity index (χ2v) is 6.89. The zero-order valence-corrected chi connectivity index (χ0v) is 14.3. The van der Waals surface area contributed by atoms with Crippen LogP contribution in [0.1, 0.15) is 5.56 Å². The van der Waals surface area contributed by atoms with Gasteiger partial charge in [0, 0.05) is 10.9 Å². The molecule has 0 saturated carbocycles. The van der Waals surface area contributed by atoms with Gasteiger partial charge in [-0.25, -0.2) is 14.4 Å². The SMILES string of the molecule is Cc1ccc(F)cc1-c1cccc2cc(-c3ccnc(Cl)n3)sc12. The Balaban J connectivity index is 1.94. The van der Waals surface area contributed by atoms with Crippen LogP contribution in [0.5, 0.6) is 0 Å². The lowest BCUT2D eigenvalue weighted by Gasteiger charge is -2.07. The van der Waals surface area contributed by atoms with E-state index in [1.165, 1.54) is 6.07 Å². The molecule has 0 amide bonds. The number of hydrogen-bond donors (Lipinski definition) is 0. The van der Waals surface area contributed by atoms with E-state index in [-0.39, 0.29) is 11.1 Å². The van der Waals surface area contributed by atoms with Crippen LogP contribution in [0.4, 0.5) is 4.39 Å². The first-order valence-electron chi connectivity index (χ1n) is 7.40. The molecular formula is C19H12ClFN2S. The summed E-state index contributed by atoms with van der Waals surface area (Å²) in [6.45, 7) is 1.99. The van der Waals surface area contributed by atoms with E-state index in [2.05, 4.69) is 22.1 Å². The maximum Gasteiger partial charge on any atom is 0.222 e. The summed E-state index contributed by atoms with van der Waals surface area (Å²) in [4.78, 5) is 9.21. The van der Waals surface area contributed by atoms with E-state index in [1.807, 2.05) is 31.2 Å². The van der Waals surface area contributed by atoms with E-state index in [0.717, 1.165) is 37.3 Å². The molecule has 0 N–H and O–H groups in total. The Hall–Kier alpha value is -2.30. The van der Waals surface area contributed by atoms with E-state index in [9.17, 15) is 4.39 Å². The molecule has 24 heavy (non-hydrogen) atoms. The Labute approximate surface area is 147 Å². The average molecular weight is 355 g/mol. The Bertz CT molecular complexity index is 1060. The third-order valence-electron chi connectivity index (χ3n) is 3.91. The van der Waals surface area contributed by atoms with Crippen LogP contribution in [-0.2, 0) is 0 Å². The van der Waals surface area contributed by atoms with E-state index in [0.29, 0.717) is 0 Å². The van der Waals surface area contributed by atoms with Crippen LogP contribution < -0.4 is 0 Å². The molecule has 0 atom stereocenters. The van der Waals surface area contributed by atoms with Crippen LogP contribution in [-0.4, -0.2) is 9.97 Å². The molecule has 0 aliphatic rings. The lowest BCUT2D eigenvalue weighted by molar-refractivity contribution is 0.628. The minimum absolute atomic E-state index is 0.228. The summed E-state index contributed by atoms with van der Waals surface area (Å²) in [5, 5.41) is 1.33. The molecule has 0 spiro atoms. The van der Waals surface area contributed by atoms with Crippen LogP contribution in [0.2, 0.25) is 5.28 Å². The minimum atomic E-state index is -0.230. The summed E-state index contributed by atoms with van der Waals surface area (Å²) < 4.78 is 14.8. The van der Waals surface area contributed by atoms with Crippen molar-refractivity contribution in [2.75, 3.05) is 0 Å². The van der Waals surface area contributed by atoms with Gasteiger partial charge >= 0.3 is 0 Å². The van der Waals surface area contributed by atoms with Gasteiger partial charge in [0.05, 0.1) is 10.6 Å². The van der Waals surface area contributed by atoms with Crippen molar-refractivity contribution in [1.82, 2.24) is 9.97 Å². The molecule has 5 heteroatoms. The van der Waals surface area contributed by atoms with Gasteiger partial charge in [-0.2, -0.15) is 0 Å². The van der Waals surface area contributed by atoms with Crippen molar-refractivity contribution in [3.8, 4) is 21.7 Å². The number of nitrogens with zero attached hydrogens (tertiary/aromatic N) is 2. The monoisotopic (exact) mass is 354 g/mol. The van der Waals surface area contributed by atoms with Crippen molar-refractivity contribution in [2.45, 2.75) is 6.92 Å². The standard InChI is InChI=1S/C19H12ClFN2S/c1-11-5-6-13(21)10-15(11)14-4-2-3-12-9-17(24-18(12)14)16-7-8-22-19(20)23-16/h2-10H,1H3. The molecule has 0 fully saturated rings. The lowest BCUT2D eigenvalue weighted by atomic mass is 9.99. The van der Waals surface area contributed by atoms with Crippen LogP contribution in [0.15, 0.2) is 54.7 Å². The van der Waals surface area contributed by atoms with Gasteiger partial charge in [-0.15, -0.1) is 11.3 Å². The average Bonchev–Trinajstić information content (AvgIpc) is 3.01. The predicted octanol–water partition coefficient (Wildman–Crippen LogP) is 6.13. The molecule has 2 nitrogen and oxygen atoms in total. The number of fused-ring (bicyclic) bond motifs is 1. The second-order valence-electron chi connectivity index (χ2n) is 5.50. The minimum Gasteiger partial charge on any atom is -0.226 e. The van der Waals surface area contributed by atoms with Gasteiger partial charge in [0.2, 0.25) is 5.28 Å². The second kappa shape index (κ2) is 5.96. The fourth-order valence-electron chi connectivity index (χ4n) is 2.76. The molecule has 2 heterocycles. The molecule has 4 rings (SSSR count). The van der Waals surface area contributed by atoms with Gasteiger partial charge < -0.3 is 0 Å². The molecule has 2 aromatic heterocycles. The highest BCUT2D eigenvalue weighted by atomic mass is 35.5. The van der Waals surface area contributed by atoms with Crippen molar-refractivity contribution in [3.63, 3.8) is 0 Å². The summed E-state index contributed by atoms with van der Waals surface area (Å²) >= 11 is 7.52. The van der Waals surface area contributed by atoms with Crippen molar-refractivity contribution in [2.24, 2.45) is 0 Å². The van der Waals surface area contributed by atoms with E-state index >= 15 is 0 Å². The van der Waals surface area contributed by atoms with Gasteiger partial charge in [0.1, 0.15) is 5.82 Å². The molecule has 118 valence electrons. The molecule has 0 aliphatic heterocycles. The number of thiophene rings is 1. The van der Waals surface area contributed by atoms with Crippen molar-refractivity contribution >= 4 is 33.0 Å². The molecular weight excluding hydrogens is 343 g/mol. The number of benzene rings is 2. The van der Waals surface area contributed by atoms with Crippen molar-refractivity contribution in [3.05, 3.63) is 71.4 Å². The molecule has 0 radical (unpaired) electrons. The highest BCUT2D eigenvalue weighted by Crippen LogP contribution is 2.39. The Morgan fingerprint density at radius 3 is 2.75 bits per heavy atom. The van der Waals surface area contributed by atoms with Crippen molar-refractivity contribution < 1.29 is 4.39 Å². The van der Waals surface area contributed by atoms with Gasteiger partial charge in [-0.3, -0.25) is 0 Å². The molecule has 0 unspecified atom stereocenters. The topological polar surface area (TPSA) is 25.8 Å². The fraction of sp³-hybridized carbons (Fsp3) is 0.0526. The van der Waals surface area contributed by atoms with Gasteiger partial charge in [0.15, 0.2) is 0 Å². The highest BCUT2D eigenvalue weighted by Gasteiger charge is 2.12. The number of hydrogen-bond acceptors (Lipinski definition) is 3. The van der Waals surface area contributed by atoms with E-state index in [1.54, 1.807) is 23.6 Å². The zero-order chi connectivity index (χ0) is 16.7. The van der Waals surface area contributed by atoms with Gasteiger partial charge in [-0.05, 0) is 64.9 Å². The summed E-state index contributed by atoms with van der Waals surface area (Å²) in [7, 11) is 0. The summed E-state index contributed by atoms with van der Waals surface area (Å²) in [6.07, 6.45) is 1.65. The van der Waals surface area contributed by atoms with Gasteiger partial charge in [0.25, 0.3) is 0 Å². The highest BCUT2D eigenvalue weighted by molar-refractivity contribution is 7.22. The van der Waals surface area contributed by atoms with Crippen LogP contribution in [0.3, 0.4) is 0 Å². The van der Waals surface area contributed by atoms with Crippen LogP contribution >= 0.6 is 22.9 Å². The number of halogens is 2.